The topological polar surface area (TPSA) is 71.2 Å². The molecule has 1 aromatic carbocycles. The van der Waals surface area contributed by atoms with Crippen molar-refractivity contribution in [2.24, 2.45) is 5.92 Å². The Labute approximate surface area is 111 Å². The SMILES string of the molecule is Cc1nc2cc(NC(CO)C(C)C)c(N)cc2s1. The summed E-state index contributed by atoms with van der Waals surface area (Å²) in [6.45, 7) is 6.20. The Morgan fingerprint density at radius 3 is 2.78 bits per heavy atom. The third-order valence-electron chi connectivity index (χ3n) is 3.01. The summed E-state index contributed by atoms with van der Waals surface area (Å²) in [6, 6.07) is 3.90. The highest BCUT2D eigenvalue weighted by Gasteiger charge is 2.14. The van der Waals surface area contributed by atoms with E-state index in [4.69, 9.17) is 5.73 Å². The molecule has 1 heterocycles. The summed E-state index contributed by atoms with van der Waals surface area (Å²) < 4.78 is 1.10. The number of nitrogens with one attached hydrogen (secondary N) is 1. The first-order valence-electron chi connectivity index (χ1n) is 6.05. The molecule has 0 amide bonds. The number of hydrogen-bond acceptors (Lipinski definition) is 5. The van der Waals surface area contributed by atoms with E-state index in [1.165, 1.54) is 0 Å². The van der Waals surface area contributed by atoms with Crippen molar-refractivity contribution >= 4 is 32.9 Å². The Hall–Kier alpha value is -1.33. The van der Waals surface area contributed by atoms with Crippen LogP contribution in [0.25, 0.3) is 10.2 Å². The number of nitrogens with two attached hydrogens (primary N) is 1. The minimum Gasteiger partial charge on any atom is -0.397 e. The second kappa shape index (κ2) is 5.12. The Bertz CT molecular complexity index is 550. The number of benzene rings is 1. The molecule has 18 heavy (non-hydrogen) atoms. The van der Waals surface area contributed by atoms with E-state index in [0.29, 0.717) is 11.6 Å². The summed E-state index contributed by atoms with van der Waals surface area (Å²) in [6.07, 6.45) is 0. The van der Waals surface area contributed by atoms with E-state index in [1.807, 2.05) is 19.1 Å². The summed E-state index contributed by atoms with van der Waals surface area (Å²) in [5.74, 6) is 0.335. The highest BCUT2D eigenvalue weighted by atomic mass is 32.1. The van der Waals surface area contributed by atoms with Crippen molar-refractivity contribution in [3.05, 3.63) is 17.1 Å². The van der Waals surface area contributed by atoms with E-state index in [-0.39, 0.29) is 12.6 Å². The Morgan fingerprint density at radius 2 is 2.17 bits per heavy atom. The first-order chi connectivity index (χ1) is 8.51. The predicted octanol–water partition coefficient (Wildman–Crippen LogP) is 2.62. The van der Waals surface area contributed by atoms with Crippen LogP contribution in [0, 0.1) is 12.8 Å². The smallest absolute Gasteiger partial charge is 0.0907 e. The van der Waals surface area contributed by atoms with Crippen LogP contribution >= 0.6 is 11.3 Å². The van der Waals surface area contributed by atoms with Crippen molar-refractivity contribution in [3.8, 4) is 0 Å². The van der Waals surface area contributed by atoms with Crippen molar-refractivity contribution in [1.82, 2.24) is 4.98 Å². The van der Waals surface area contributed by atoms with Crippen LogP contribution in [0.1, 0.15) is 18.9 Å². The zero-order chi connectivity index (χ0) is 13.3. The number of aryl methyl sites for hydroxylation is 1. The zero-order valence-electron chi connectivity index (χ0n) is 10.9. The largest absolute Gasteiger partial charge is 0.397 e. The normalized spacial score (nSPS) is 13.2. The Kier molecular flexibility index (Phi) is 3.73. The first kappa shape index (κ1) is 13.1. The fourth-order valence-electron chi connectivity index (χ4n) is 1.85. The fourth-order valence-corrected chi connectivity index (χ4v) is 2.71. The summed E-state index contributed by atoms with van der Waals surface area (Å²) in [5, 5.41) is 13.7. The van der Waals surface area contributed by atoms with E-state index >= 15 is 0 Å². The molecule has 5 heteroatoms. The van der Waals surface area contributed by atoms with Crippen molar-refractivity contribution in [2.45, 2.75) is 26.8 Å². The number of thiazole rings is 1. The average molecular weight is 265 g/mol. The number of aliphatic hydroxyl groups excluding tert-OH is 1. The van der Waals surface area contributed by atoms with Gasteiger partial charge in [0.1, 0.15) is 0 Å². The molecule has 0 aliphatic carbocycles. The predicted molar refractivity (Wildman–Crippen MR) is 78.1 cm³/mol. The summed E-state index contributed by atoms with van der Waals surface area (Å²) in [4.78, 5) is 4.45. The number of anilines is 2. The van der Waals surface area contributed by atoms with Gasteiger partial charge in [0.2, 0.25) is 0 Å². The summed E-state index contributed by atoms with van der Waals surface area (Å²) in [5.41, 5.74) is 8.53. The van der Waals surface area contributed by atoms with Gasteiger partial charge in [-0.3, -0.25) is 0 Å². The highest BCUT2D eigenvalue weighted by Crippen LogP contribution is 2.30. The lowest BCUT2D eigenvalue weighted by Crippen LogP contribution is -2.29. The fraction of sp³-hybridized carbons (Fsp3) is 0.462. The van der Waals surface area contributed by atoms with Crippen molar-refractivity contribution in [2.75, 3.05) is 17.7 Å². The van der Waals surface area contributed by atoms with Gasteiger partial charge in [-0.15, -0.1) is 11.3 Å². The number of fused-ring (bicyclic) bond motifs is 1. The molecule has 0 saturated carbocycles. The number of aromatic nitrogens is 1. The maximum Gasteiger partial charge on any atom is 0.0907 e. The number of rotatable bonds is 4. The molecular weight excluding hydrogens is 246 g/mol. The molecule has 2 aromatic rings. The van der Waals surface area contributed by atoms with Gasteiger partial charge in [-0.2, -0.15) is 0 Å². The van der Waals surface area contributed by atoms with Gasteiger partial charge in [-0.05, 0) is 25.0 Å². The van der Waals surface area contributed by atoms with Crippen LogP contribution in [0.5, 0.6) is 0 Å². The third-order valence-corrected chi connectivity index (χ3v) is 3.94. The number of nitrogens with zero attached hydrogens (tertiary/aromatic N) is 1. The molecule has 98 valence electrons. The molecular formula is C13H19N3OS. The van der Waals surface area contributed by atoms with Gasteiger partial charge < -0.3 is 16.2 Å². The van der Waals surface area contributed by atoms with Gasteiger partial charge in [-0.25, -0.2) is 4.98 Å². The van der Waals surface area contributed by atoms with Gasteiger partial charge >= 0.3 is 0 Å². The molecule has 0 saturated heterocycles. The quantitative estimate of drug-likeness (QED) is 0.743. The van der Waals surface area contributed by atoms with Crippen molar-refractivity contribution in [1.29, 1.82) is 0 Å². The highest BCUT2D eigenvalue weighted by molar-refractivity contribution is 7.18. The van der Waals surface area contributed by atoms with Crippen LogP contribution in [-0.2, 0) is 0 Å². The lowest BCUT2D eigenvalue weighted by atomic mass is 10.0. The molecule has 0 aliphatic rings. The lowest BCUT2D eigenvalue weighted by molar-refractivity contribution is 0.249. The Balaban J connectivity index is 2.35. The molecule has 2 rings (SSSR count). The monoisotopic (exact) mass is 265 g/mol. The molecule has 4 nitrogen and oxygen atoms in total. The number of hydrogen-bond donors (Lipinski definition) is 3. The maximum atomic E-state index is 9.35. The summed E-state index contributed by atoms with van der Waals surface area (Å²) in [7, 11) is 0. The second-order valence-electron chi connectivity index (χ2n) is 4.82. The molecule has 0 spiro atoms. The standard InChI is InChI=1S/C13H19N3OS/c1-7(2)12(6-17)16-10-5-11-13(4-9(10)14)18-8(3)15-11/h4-5,7,12,16-17H,6,14H2,1-3H3. The van der Waals surface area contributed by atoms with Crippen LogP contribution in [0.3, 0.4) is 0 Å². The molecule has 0 aliphatic heterocycles. The molecule has 0 fully saturated rings. The van der Waals surface area contributed by atoms with E-state index in [9.17, 15) is 5.11 Å². The van der Waals surface area contributed by atoms with Gasteiger partial charge in [0.25, 0.3) is 0 Å². The van der Waals surface area contributed by atoms with Gasteiger partial charge in [-0.1, -0.05) is 13.8 Å². The number of nitrogen functional groups attached to an aromatic ring is 1. The van der Waals surface area contributed by atoms with Crippen LogP contribution in [0.15, 0.2) is 12.1 Å². The van der Waals surface area contributed by atoms with Crippen molar-refractivity contribution in [3.63, 3.8) is 0 Å². The van der Waals surface area contributed by atoms with Crippen molar-refractivity contribution < 1.29 is 5.11 Å². The van der Waals surface area contributed by atoms with Crippen LogP contribution < -0.4 is 11.1 Å². The second-order valence-corrected chi connectivity index (χ2v) is 6.05. The molecule has 4 N–H and O–H groups in total. The average Bonchev–Trinajstić information content (AvgIpc) is 2.64. The minimum absolute atomic E-state index is 0.00415. The Morgan fingerprint density at radius 1 is 1.44 bits per heavy atom. The zero-order valence-corrected chi connectivity index (χ0v) is 11.7. The lowest BCUT2D eigenvalue weighted by Gasteiger charge is -2.22. The molecule has 0 bridgehead atoms. The van der Waals surface area contributed by atoms with Crippen LogP contribution in [-0.4, -0.2) is 22.7 Å². The maximum absolute atomic E-state index is 9.35. The number of aliphatic hydroxyl groups is 1. The molecule has 1 atom stereocenters. The third kappa shape index (κ3) is 2.57. The van der Waals surface area contributed by atoms with Crippen LogP contribution in [0.2, 0.25) is 0 Å². The molecule has 1 aromatic heterocycles. The van der Waals surface area contributed by atoms with Gasteiger partial charge in [0, 0.05) is 0 Å². The minimum atomic E-state index is 0.00415. The van der Waals surface area contributed by atoms with E-state index in [2.05, 4.69) is 24.1 Å². The van der Waals surface area contributed by atoms with Crippen LogP contribution in [0.4, 0.5) is 11.4 Å². The van der Waals surface area contributed by atoms with E-state index in [0.717, 1.165) is 20.9 Å². The van der Waals surface area contributed by atoms with E-state index < -0.39 is 0 Å². The summed E-state index contributed by atoms with van der Waals surface area (Å²) >= 11 is 1.64. The van der Waals surface area contributed by atoms with Gasteiger partial charge in [0.15, 0.2) is 0 Å². The van der Waals surface area contributed by atoms with E-state index in [1.54, 1.807) is 11.3 Å². The first-order valence-corrected chi connectivity index (χ1v) is 6.87. The van der Waals surface area contributed by atoms with Gasteiger partial charge in [0.05, 0.1) is 39.2 Å². The molecule has 1 unspecified atom stereocenters. The molecule has 0 radical (unpaired) electrons.